The van der Waals surface area contributed by atoms with Crippen LogP contribution in [0.5, 0.6) is 0 Å². The van der Waals surface area contributed by atoms with Crippen LogP contribution >= 0.6 is 0 Å². The maximum atomic E-state index is 12.4. The molecule has 0 saturated heterocycles. The summed E-state index contributed by atoms with van der Waals surface area (Å²) >= 11 is 0. The molecule has 0 aliphatic carbocycles. The van der Waals surface area contributed by atoms with Gasteiger partial charge in [0.25, 0.3) is 0 Å². The van der Waals surface area contributed by atoms with Crippen molar-refractivity contribution >= 4 is 29.1 Å². The summed E-state index contributed by atoms with van der Waals surface area (Å²) in [7, 11) is 0. The summed E-state index contributed by atoms with van der Waals surface area (Å²) in [6.07, 6.45) is 0. The van der Waals surface area contributed by atoms with E-state index in [9.17, 15) is 9.59 Å². The summed E-state index contributed by atoms with van der Waals surface area (Å²) in [6.45, 7) is 4.83. The highest BCUT2D eigenvalue weighted by atomic mass is 16.2. The number of benzene rings is 2. The Balaban J connectivity index is 2.24. The largest absolute Gasteiger partial charge is 0.338 e. The van der Waals surface area contributed by atoms with Crippen molar-refractivity contribution in [1.29, 1.82) is 0 Å². The van der Waals surface area contributed by atoms with Gasteiger partial charge in [0.15, 0.2) is 0 Å². The smallest absolute Gasteiger partial charge is 0.326 e. The zero-order valence-corrected chi connectivity index (χ0v) is 13.9. The first kappa shape index (κ1) is 17.3. The van der Waals surface area contributed by atoms with Crippen LogP contribution < -0.4 is 20.9 Å². The first-order valence-corrected chi connectivity index (χ1v) is 7.93. The fraction of sp³-hybridized carbons (Fsp3) is 0.222. The first-order valence-electron chi connectivity index (χ1n) is 7.93. The summed E-state index contributed by atoms with van der Waals surface area (Å²) in [4.78, 5) is 25.6. The highest BCUT2D eigenvalue weighted by Gasteiger charge is 2.17. The van der Waals surface area contributed by atoms with Gasteiger partial charge in [-0.2, -0.15) is 0 Å². The Bertz CT molecular complexity index is 671. The Hall–Kier alpha value is -3.02. The van der Waals surface area contributed by atoms with Crippen LogP contribution in [0.1, 0.15) is 13.8 Å². The SMILES string of the molecule is CCNC(=O)Nc1ccc(N(C(=O)NCC)c2ccccc2)cc1. The Morgan fingerprint density at radius 3 is 2.00 bits per heavy atom. The van der Waals surface area contributed by atoms with Gasteiger partial charge >= 0.3 is 12.1 Å². The monoisotopic (exact) mass is 326 g/mol. The number of rotatable bonds is 5. The minimum Gasteiger partial charge on any atom is -0.338 e. The number of carbonyl (C=O) groups excluding carboxylic acids is 2. The van der Waals surface area contributed by atoms with Gasteiger partial charge in [-0.25, -0.2) is 9.59 Å². The molecule has 0 aromatic heterocycles. The highest BCUT2D eigenvalue weighted by molar-refractivity contribution is 5.99. The molecule has 6 nitrogen and oxygen atoms in total. The topological polar surface area (TPSA) is 73.5 Å². The molecular weight excluding hydrogens is 304 g/mol. The van der Waals surface area contributed by atoms with E-state index < -0.39 is 0 Å². The van der Waals surface area contributed by atoms with Gasteiger partial charge < -0.3 is 16.0 Å². The number of hydrogen-bond donors (Lipinski definition) is 3. The summed E-state index contributed by atoms with van der Waals surface area (Å²) < 4.78 is 0. The van der Waals surface area contributed by atoms with Crippen molar-refractivity contribution < 1.29 is 9.59 Å². The average Bonchev–Trinajstić information content (AvgIpc) is 2.58. The van der Waals surface area contributed by atoms with Crippen molar-refractivity contribution in [3.8, 4) is 0 Å². The van der Waals surface area contributed by atoms with E-state index in [1.54, 1.807) is 29.2 Å². The zero-order chi connectivity index (χ0) is 17.4. The highest BCUT2D eigenvalue weighted by Crippen LogP contribution is 2.26. The fourth-order valence-electron chi connectivity index (χ4n) is 2.22. The van der Waals surface area contributed by atoms with Crippen LogP contribution in [-0.4, -0.2) is 25.2 Å². The second kappa shape index (κ2) is 8.57. The van der Waals surface area contributed by atoms with Crippen molar-refractivity contribution in [2.24, 2.45) is 0 Å². The van der Waals surface area contributed by atoms with E-state index in [2.05, 4.69) is 16.0 Å². The molecule has 126 valence electrons. The molecule has 3 N–H and O–H groups in total. The van der Waals surface area contributed by atoms with Gasteiger partial charge in [0.05, 0.1) is 11.4 Å². The summed E-state index contributed by atoms with van der Waals surface area (Å²) in [5.41, 5.74) is 2.15. The minimum atomic E-state index is -0.256. The van der Waals surface area contributed by atoms with Crippen molar-refractivity contribution in [2.75, 3.05) is 23.3 Å². The van der Waals surface area contributed by atoms with Crippen LogP contribution in [0.25, 0.3) is 0 Å². The molecule has 0 aliphatic heterocycles. The molecule has 0 radical (unpaired) electrons. The number of nitrogens with one attached hydrogen (secondary N) is 3. The van der Waals surface area contributed by atoms with Crippen molar-refractivity contribution in [2.45, 2.75) is 13.8 Å². The molecule has 0 saturated carbocycles. The number of carbonyl (C=O) groups is 2. The maximum absolute atomic E-state index is 12.4. The molecule has 0 fully saturated rings. The number of amides is 4. The maximum Gasteiger partial charge on any atom is 0.326 e. The number of hydrogen-bond acceptors (Lipinski definition) is 2. The lowest BCUT2D eigenvalue weighted by Crippen LogP contribution is -2.36. The molecule has 2 aromatic carbocycles. The van der Waals surface area contributed by atoms with Gasteiger partial charge in [0, 0.05) is 18.8 Å². The Labute approximate surface area is 141 Å². The van der Waals surface area contributed by atoms with Crippen molar-refractivity contribution in [3.63, 3.8) is 0 Å². The molecule has 2 rings (SSSR count). The molecule has 2 aromatic rings. The van der Waals surface area contributed by atoms with E-state index in [0.717, 1.165) is 5.69 Å². The number of para-hydroxylation sites is 1. The van der Waals surface area contributed by atoms with Crippen LogP contribution in [0.2, 0.25) is 0 Å². The van der Waals surface area contributed by atoms with Crippen LogP contribution in [0.3, 0.4) is 0 Å². The van der Waals surface area contributed by atoms with Gasteiger partial charge in [-0.3, -0.25) is 4.90 Å². The van der Waals surface area contributed by atoms with E-state index in [0.29, 0.717) is 24.5 Å². The van der Waals surface area contributed by atoms with E-state index >= 15 is 0 Å². The zero-order valence-electron chi connectivity index (χ0n) is 13.9. The van der Waals surface area contributed by atoms with Crippen molar-refractivity contribution in [1.82, 2.24) is 10.6 Å². The van der Waals surface area contributed by atoms with Crippen molar-refractivity contribution in [3.05, 3.63) is 54.6 Å². The molecular formula is C18H22N4O2. The fourth-order valence-corrected chi connectivity index (χ4v) is 2.22. The normalized spacial score (nSPS) is 9.92. The number of nitrogens with zero attached hydrogens (tertiary/aromatic N) is 1. The molecule has 6 heteroatoms. The van der Waals surface area contributed by atoms with Gasteiger partial charge in [-0.15, -0.1) is 0 Å². The molecule has 4 amide bonds. The van der Waals surface area contributed by atoms with Gasteiger partial charge in [-0.05, 0) is 50.2 Å². The third-order valence-corrected chi connectivity index (χ3v) is 3.27. The van der Waals surface area contributed by atoms with E-state index in [4.69, 9.17) is 0 Å². The summed E-state index contributed by atoms with van der Waals surface area (Å²) in [5, 5.41) is 8.22. The summed E-state index contributed by atoms with van der Waals surface area (Å²) in [6, 6.07) is 16.1. The Kier molecular flexibility index (Phi) is 6.19. The predicted molar refractivity (Wildman–Crippen MR) is 96.8 cm³/mol. The van der Waals surface area contributed by atoms with Crippen LogP contribution in [0, 0.1) is 0 Å². The Morgan fingerprint density at radius 1 is 0.833 bits per heavy atom. The predicted octanol–water partition coefficient (Wildman–Crippen LogP) is 3.70. The second-order valence-electron chi connectivity index (χ2n) is 5.04. The lowest BCUT2D eigenvalue weighted by atomic mass is 10.2. The average molecular weight is 326 g/mol. The number of anilines is 3. The van der Waals surface area contributed by atoms with E-state index in [1.807, 2.05) is 44.2 Å². The molecule has 0 aliphatic rings. The van der Waals surface area contributed by atoms with Crippen LogP contribution in [0.4, 0.5) is 26.7 Å². The second-order valence-corrected chi connectivity index (χ2v) is 5.04. The minimum absolute atomic E-state index is 0.201. The van der Waals surface area contributed by atoms with Gasteiger partial charge in [-0.1, -0.05) is 18.2 Å². The molecule has 0 unspecified atom stereocenters. The number of urea groups is 2. The van der Waals surface area contributed by atoms with Crippen LogP contribution in [-0.2, 0) is 0 Å². The standard InChI is InChI=1S/C18H22N4O2/c1-3-19-17(23)21-14-10-12-16(13-11-14)22(18(24)20-4-2)15-8-6-5-7-9-15/h5-13H,3-4H2,1-2H3,(H,20,24)(H2,19,21,23). The molecule has 0 bridgehead atoms. The quantitative estimate of drug-likeness (QED) is 0.784. The third kappa shape index (κ3) is 4.49. The van der Waals surface area contributed by atoms with Gasteiger partial charge in [0.1, 0.15) is 0 Å². The molecule has 0 heterocycles. The Morgan fingerprint density at radius 2 is 1.42 bits per heavy atom. The third-order valence-electron chi connectivity index (χ3n) is 3.27. The molecule has 0 atom stereocenters. The first-order chi connectivity index (χ1) is 11.7. The lowest BCUT2D eigenvalue weighted by molar-refractivity contribution is 0.249. The van der Waals surface area contributed by atoms with E-state index in [-0.39, 0.29) is 12.1 Å². The van der Waals surface area contributed by atoms with Gasteiger partial charge in [0.2, 0.25) is 0 Å². The van der Waals surface area contributed by atoms with E-state index in [1.165, 1.54) is 0 Å². The summed E-state index contributed by atoms with van der Waals surface area (Å²) in [5.74, 6) is 0. The molecule has 0 spiro atoms. The lowest BCUT2D eigenvalue weighted by Gasteiger charge is -2.23. The molecule has 24 heavy (non-hydrogen) atoms. The van der Waals surface area contributed by atoms with Crippen LogP contribution in [0.15, 0.2) is 54.6 Å².